The third-order valence-electron chi connectivity index (χ3n) is 5.95. The maximum Gasteiger partial charge on any atom is 0.250 e. The molecule has 2 aromatic rings. The molecular formula is C25H29N3O3S. The third-order valence-corrected chi connectivity index (χ3v) is 7.19. The van der Waals surface area contributed by atoms with Crippen molar-refractivity contribution in [3.63, 3.8) is 0 Å². The van der Waals surface area contributed by atoms with E-state index in [1.54, 1.807) is 0 Å². The summed E-state index contributed by atoms with van der Waals surface area (Å²) in [5, 5.41) is 2.05. The van der Waals surface area contributed by atoms with Gasteiger partial charge in [0.25, 0.3) is 5.91 Å². The highest BCUT2D eigenvalue weighted by Gasteiger charge is 2.40. The van der Waals surface area contributed by atoms with Gasteiger partial charge in [-0.2, -0.15) is 0 Å². The Hall–Kier alpha value is -2.80. The van der Waals surface area contributed by atoms with Crippen molar-refractivity contribution in [2.45, 2.75) is 49.2 Å². The van der Waals surface area contributed by atoms with Gasteiger partial charge in [-0.25, -0.2) is 0 Å². The lowest BCUT2D eigenvalue weighted by atomic mass is 10.1. The van der Waals surface area contributed by atoms with Crippen molar-refractivity contribution in [1.82, 2.24) is 4.90 Å². The second-order valence-electron chi connectivity index (χ2n) is 8.23. The Balaban J connectivity index is 1.53. The van der Waals surface area contributed by atoms with Crippen LogP contribution in [0.5, 0.6) is 0 Å². The molecule has 1 atom stereocenters. The number of benzene rings is 2. The fourth-order valence-electron chi connectivity index (χ4n) is 4.21. The van der Waals surface area contributed by atoms with Gasteiger partial charge >= 0.3 is 0 Å². The molecule has 0 aliphatic carbocycles. The number of amides is 3. The van der Waals surface area contributed by atoms with Crippen LogP contribution < -0.4 is 10.2 Å². The lowest BCUT2D eigenvalue weighted by Gasteiger charge is -2.34. The molecule has 7 heteroatoms. The number of carbonyl (C=O) groups is 3. The predicted octanol–water partition coefficient (Wildman–Crippen LogP) is 4.10. The van der Waals surface area contributed by atoms with Gasteiger partial charge in [0.05, 0.1) is 5.69 Å². The Morgan fingerprint density at radius 3 is 2.53 bits per heavy atom. The smallest absolute Gasteiger partial charge is 0.250 e. The molecule has 4 rings (SSSR count). The van der Waals surface area contributed by atoms with Crippen molar-refractivity contribution in [1.29, 1.82) is 0 Å². The zero-order chi connectivity index (χ0) is 22.5. The number of hydrogen-bond donors (Lipinski definition) is 1. The maximum absolute atomic E-state index is 13.4. The highest BCUT2D eigenvalue weighted by molar-refractivity contribution is 8.01. The van der Waals surface area contributed by atoms with E-state index in [2.05, 4.69) is 12.2 Å². The normalized spacial score (nSPS) is 18.7. The zero-order valence-electron chi connectivity index (χ0n) is 18.4. The fraction of sp³-hybridized carbons (Fsp3) is 0.400. The van der Waals surface area contributed by atoms with E-state index in [-0.39, 0.29) is 24.3 Å². The number of carbonyl (C=O) groups excluding carboxylic acids is 3. The second kappa shape index (κ2) is 10.2. The van der Waals surface area contributed by atoms with Crippen molar-refractivity contribution in [3.05, 3.63) is 54.1 Å². The van der Waals surface area contributed by atoms with Crippen molar-refractivity contribution >= 4 is 40.9 Å². The Labute approximate surface area is 193 Å². The molecule has 2 heterocycles. The number of thioether (sulfide) groups is 1. The van der Waals surface area contributed by atoms with Crippen LogP contribution in [0.1, 0.15) is 38.2 Å². The highest BCUT2D eigenvalue weighted by Crippen LogP contribution is 2.39. The molecule has 3 amide bonds. The van der Waals surface area contributed by atoms with E-state index in [4.69, 9.17) is 0 Å². The molecule has 32 heavy (non-hydrogen) atoms. The van der Waals surface area contributed by atoms with Crippen LogP contribution in [0, 0.1) is 0 Å². The number of likely N-dealkylation sites (tertiary alicyclic amines) is 1. The molecule has 2 aromatic carbocycles. The Morgan fingerprint density at radius 1 is 1.03 bits per heavy atom. The number of rotatable bonds is 5. The van der Waals surface area contributed by atoms with Crippen molar-refractivity contribution < 1.29 is 14.4 Å². The van der Waals surface area contributed by atoms with E-state index in [1.165, 1.54) is 16.7 Å². The average molecular weight is 452 g/mol. The number of para-hydroxylation sites is 1. The summed E-state index contributed by atoms with van der Waals surface area (Å²) in [4.78, 5) is 43.7. The van der Waals surface area contributed by atoms with Crippen LogP contribution >= 0.6 is 11.8 Å². The van der Waals surface area contributed by atoms with E-state index in [9.17, 15) is 14.4 Å². The zero-order valence-corrected chi connectivity index (χ0v) is 19.2. The van der Waals surface area contributed by atoms with Crippen LogP contribution in [0.15, 0.2) is 53.4 Å². The SMILES string of the molecule is CCc1cccc(NC(=O)CN2C(=O)[C@@H](C(=O)N3CCCCCC3)Sc3ccccc32)c1. The second-order valence-corrected chi connectivity index (χ2v) is 9.38. The molecular weight excluding hydrogens is 422 g/mol. The summed E-state index contributed by atoms with van der Waals surface area (Å²) < 4.78 is 0. The first-order valence-corrected chi connectivity index (χ1v) is 12.2. The summed E-state index contributed by atoms with van der Waals surface area (Å²) in [6.45, 7) is 3.32. The number of aryl methyl sites for hydroxylation is 1. The summed E-state index contributed by atoms with van der Waals surface area (Å²) in [6, 6.07) is 15.2. The standard InChI is InChI=1S/C25H29N3O3S/c1-2-18-10-9-11-19(16-18)26-22(29)17-28-20-12-5-6-13-21(20)32-23(25(28)31)24(30)27-14-7-3-4-8-15-27/h5-6,9-13,16,23H,2-4,7-8,14-15,17H2,1H3,(H,26,29)/t23-/m1/s1. The molecule has 6 nitrogen and oxygen atoms in total. The molecule has 0 aromatic heterocycles. The predicted molar refractivity (Wildman–Crippen MR) is 128 cm³/mol. The third kappa shape index (κ3) is 4.99. The van der Waals surface area contributed by atoms with Crippen molar-refractivity contribution in [2.24, 2.45) is 0 Å². The van der Waals surface area contributed by atoms with Crippen LogP contribution in [0.25, 0.3) is 0 Å². The molecule has 0 bridgehead atoms. The van der Waals surface area contributed by atoms with Gasteiger partial charge in [-0.1, -0.05) is 44.0 Å². The van der Waals surface area contributed by atoms with E-state index in [0.717, 1.165) is 42.6 Å². The van der Waals surface area contributed by atoms with Crippen LogP contribution in [-0.2, 0) is 20.8 Å². The summed E-state index contributed by atoms with van der Waals surface area (Å²) >= 11 is 1.30. The number of fused-ring (bicyclic) bond motifs is 1. The monoisotopic (exact) mass is 451 g/mol. The van der Waals surface area contributed by atoms with Crippen molar-refractivity contribution in [2.75, 3.05) is 29.9 Å². The van der Waals surface area contributed by atoms with Gasteiger partial charge in [-0.15, -0.1) is 11.8 Å². The molecule has 168 valence electrons. The van der Waals surface area contributed by atoms with E-state index in [1.807, 2.05) is 53.4 Å². The van der Waals surface area contributed by atoms with Gasteiger partial charge in [-0.05, 0) is 49.1 Å². The van der Waals surface area contributed by atoms with E-state index in [0.29, 0.717) is 24.5 Å². The topological polar surface area (TPSA) is 69.7 Å². The number of nitrogens with one attached hydrogen (secondary N) is 1. The maximum atomic E-state index is 13.4. The van der Waals surface area contributed by atoms with Gasteiger partial charge in [0.2, 0.25) is 11.8 Å². The lowest BCUT2D eigenvalue weighted by molar-refractivity contribution is -0.135. The Morgan fingerprint density at radius 2 is 1.78 bits per heavy atom. The van der Waals surface area contributed by atoms with E-state index >= 15 is 0 Å². The first-order chi connectivity index (χ1) is 15.6. The minimum absolute atomic E-state index is 0.128. The van der Waals surface area contributed by atoms with Gasteiger partial charge in [-0.3, -0.25) is 14.4 Å². The molecule has 0 radical (unpaired) electrons. The first-order valence-electron chi connectivity index (χ1n) is 11.3. The number of anilines is 2. The number of nitrogens with zero attached hydrogens (tertiary/aromatic N) is 2. The summed E-state index contributed by atoms with van der Waals surface area (Å²) in [5.41, 5.74) is 2.51. The quantitative estimate of drug-likeness (QED) is 0.695. The summed E-state index contributed by atoms with van der Waals surface area (Å²) in [7, 11) is 0. The van der Waals surface area contributed by atoms with Gasteiger partial charge < -0.3 is 15.1 Å². The fourth-order valence-corrected chi connectivity index (χ4v) is 5.39. The molecule has 0 spiro atoms. The molecule has 2 aliphatic heterocycles. The number of hydrogen-bond acceptors (Lipinski definition) is 4. The lowest BCUT2D eigenvalue weighted by Crippen LogP contribution is -2.51. The van der Waals surface area contributed by atoms with Gasteiger partial charge in [0.1, 0.15) is 6.54 Å². The Kier molecular flexibility index (Phi) is 7.15. The molecule has 2 aliphatic rings. The van der Waals surface area contributed by atoms with Crippen LogP contribution in [0.4, 0.5) is 11.4 Å². The molecule has 0 saturated carbocycles. The van der Waals surface area contributed by atoms with E-state index < -0.39 is 5.25 Å². The molecule has 1 N–H and O–H groups in total. The van der Waals surface area contributed by atoms with Crippen LogP contribution in [0.2, 0.25) is 0 Å². The minimum Gasteiger partial charge on any atom is -0.341 e. The summed E-state index contributed by atoms with van der Waals surface area (Å²) in [6.07, 6.45) is 5.04. The minimum atomic E-state index is -0.848. The van der Waals surface area contributed by atoms with Crippen LogP contribution in [-0.4, -0.2) is 47.5 Å². The van der Waals surface area contributed by atoms with Crippen LogP contribution in [0.3, 0.4) is 0 Å². The highest BCUT2D eigenvalue weighted by atomic mass is 32.2. The summed E-state index contributed by atoms with van der Waals surface area (Å²) in [5.74, 6) is -0.743. The van der Waals surface area contributed by atoms with Gasteiger partial charge in [0, 0.05) is 23.7 Å². The molecule has 1 saturated heterocycles. The average Bonchev–Trinajstić information content (AvgIpc) is 3.10. The molecule has 0 unspecified atom stereocenters. The first kappa shape index (κ1) is 22.4. The molecule has 1 fully saturated rings. The van der Waals surface area contributed by atoms with Crippen molar-refractivity contribution in [3.8, 4) is 0 Å². The largest absolute Gasteiger partial charge is 0.341 e. The van der Waals surface area contributed by atoms with Gasteiger partial charge in [0.15, 0.2) is 5.25 Å². The Bertz CT molecular complexity index is 1000.